The van der Waals surface area contributed by atoms with Crippen LogP contribution in [0.1, 0.15) is 20.8 Å². The minimum Gasteiger partial charge on any atom is -0.231 e. The van der Waals surface area contributed by atoms with Crippen molar-refractivity contribution in [3.63, 3.8) is 0 Å². The molecule has 0 aliphatic rings. The van der Waals surface area contributed by atoms with Crippen LogP contribution in [0.4, 0.5) is 39.5 Å². The summed E-state index contributed by atoms with van der Waals surface area (Å²) in [5.74, 6) is -22.8. The van der Waals surface area contributed by atoms with Gasteiger partial charge in [-0.05, 0) is 6.92 Å². The molecule has 0 bridgehead atoms. The van der Waals surface area contributed by atoms with Crippen molar-refractivity contribution < 1.29 is 39.5 Å². The summed E-state index contributed by atoms with van der Waals surface area (Å²) in [4.78, 5) is 0. The zero-order valence-electron chi connectivity index (χ0n) is 8.90. The molecule has 0 saturated carbocycles. The highest BCUT2D eigenvalue weighted by Gasteiger charge is 2.80. The van der Waals surface area contributed by atoms with Crippen LogP contribution in [0, 0.1) is 0 Å². The van der Waals surface area contributed by atoms with E-state index in [9.17, 15) is 39.5 Å². The zero-order chi connectivity index (χ0) is 14.5. The van der Waals surface area contributed by atoms with Crippen LogP contribution in [0.5, 0.6) is 0 Å². The van der Waals surface area contributed by atoms with Crippen LogP contribution in [0.2, 0.25) is 0 Å². The average Bonchev–Trinajstić information content (AvgIpc) is 1.98. The van der Waals surface area contributed by atoms with E-state index in [-0.39, 0.29) is 0 Å². The van der Waals surface area contributed by atoms with E-state index in [4.69, 9.17) is 0 Å². The number of hydrogen-bond donors (Lipinski definition) is 0. The van der Waals surface area contributed by atoms with Crippen LogP contribution in [-0.2, 0) is 0 Å². The van der Waals surface area contributed by atoms with Crippen LogP contribution in [0.3, 0.4) is 0 Å². The maximum atomic E-state index is 13.1. The number of alkyl halides is 9. The first-order valence-electron chi connectivity index (χ1n) is 4.20. The molecule has 104 valence electrons. The molecule has 0 aliphatic heterocycles. The zero-order valence-corrected chi connectivity index (χ0v) is 8.90. The first-order valence-corrected chi connectivity index (χ1v) is 4.20. The van der Waals surface area contributed by atoms with E-state index in [1.165, 1.54) is 0 Å². The van der Waals surface area contributed by atoms with Crippen LogP contribution in [-0.4, -0.2) is 29.4 Å². The molecule has 0 aromatic rings. The molecule has 0 aromatic carbocycles. The van der Waals surface area contributed by atoms with Crippen molar-refractivity contribution in [1.29, 1.82) is 0 Å². The van der Waals surface area contributed by atoms with E-state index in [1.54, 1.807) is 0 Å². The van der Waals surface area contributed by atoms with Gasteiger partial charge in [-0.25, -0.2) is 13.2 Å². The molecule has 0 radical (unpaired) electrons. The van der Waals surface area contributed by atoms with Crippen molar-refractivity contribution in [2.24, 2.45) is 0 Å². The van der Waals surface area contributed by atoms with Crippen molar-refractivity contribution >= 4 is 0 Å². The van der Waals surface area contributed by atoms with Gasteiger partial charge >= 0.3 is 17.8 Å². The third-order valence-electron chi connectivity index (χ3n) is 2.36. The summed E-state index contributed by atoms with van der Waals surface area (Å²) in [6, 6.07) is 0. The molecule has 0 saturated heterocycles. The number of hydrogen-bond acceptors (Lipinski definition) is 0. The lowest BCUT2D eigenvalue weighted by molar-refractivity contribution is -0.361. The van der Waals surface area contributed by atoms with Crippen LogP contribution >= 0.6 is 0 Å². The second-order valence-electron chi connectivity index (χ2n) is 3.93. The van der Waals surface area contributed by atoms with Crippen molar-refractivity contribution in [3.8, 4) is 0 Å². The summed E-state index contributed by atoms with van der Waals surface area (Å²) in [6.45, 7) is -1.55. The van der Waals surface area contributed by atoms with Crippen molar-refractivity contribution in [3.05, 3.63) is 0 Å². The Bertz CT molecular complexity index is 252. The molecule has 17 heavy (non-hydrogen) atoms. The van der Waals surface area contributed by atoms with Crippen molar-refractivity contribution in [2.75, 3.05) is 0 Å². The maximum absolute atomic E-state index is 13.1. The lowest BCUT2D eigenvalue weighted by Crippen LogP contribution is -2.66. The lowest BCUT2D eigenvalue weighted by atomic mass is 9.86. The fraction of sp³-hybridized carbons (Fsp3) is 1.00. The van der Waals surface area contributed by atoms with Crippen molar-refractivity contribution in [1.82, 2.24) is 0 Å². The van der Waals surface area contributed by atoms with Gasteiger partial charge in [-0.3, -0.25) is 0 Å². The first kappa shape index (κ1) is 16.4. The van der Waals surface area contributed by atoms with E-state index < -0.39 is 50.1 Å². The molecule has 0 spiro atoms. The molecule has 0 N–H and O–H groups in total. The van der Waals surface area contributed by atoms with Gasteiger partial charge in [0.2, 0.25) is 5.67 Å². The van der Waals surface area contributed by atoms with Gasteiger partial charge in [-0.1, -0.05) is 0 Å². The molecular formula is C8H9F9. The monoisotopic (exact) mass is 276 g/mol. The molecule has 9 heteroatoms. The summed E-state index contributed by atoms with van der Waals surface area (Å²) >= 11 is 0. The number of rotatable bonds is 4. The highest BCUT2D eigenvalue weighted by Crippen LogP contribution is 2.55. The normalized spacial score (nSPS) is 19.1. The highest BCUT2D eigenvalue weighted by atomic mass is 19.4. The predicted octanol–water partition coefficient (Wildman–Crippen LogP) is 4.30. The van der Waals surface area contributed by atoms with E-state index in [0.29, 0.717) is 0 Å². The Morgan fingerprint density at radius 2 is 0.765 bits per heavy atom. The van der Waals surface area contributed by atoms with Gasteiger partial charge in [-0.2, -0.15) is 26.3 Å². The van der Waals surface area contributed by atoms with E-state index in [2.05, 4.69) is 0 Å². The molecule has 1 atom stereocenters. The summed E-state index contributed by atoms with van der Waals surface area (Å²) in [5, 5.41) is 0. The summed E-state index contributed by atoms with van der Waals surface area (Å²) < 4.78 is 114. The van der Waals surface area contributed by atoms with Gasteiger partial charge < -0.3 is 0 Å². The van der Waals surface area contributed by atoms with Crippen LogP contribution in [0.25, 0.3) is 0 Å². The van der Waals surface area contributed by atoms with Crippen LogP contribution in [0.15, 0.2) is 0 Å². The summed E-state index contributed by atoms with van der Waals surface area (Å²) in [6.07, 6.45) is 0. The topological polar surface area (TPSA) is 0 Å². The second kappa shape index (κ2) is 3.68. The molecular weight excluding hydrogens is 267 g/mol. The van der Waals surface area contributed by atoms with Crippen molar-refractivity contribution in [2.45, 2.75) is 50.1 Å². The molecule has 0 aliphatic carbocycles. The Kier molecular flexibility index (Phi) is 3.54. The van der Waals surface area contributed by atoms with E-state index in [0.717, 1.165) is 0 Å². The standard InChI is InChI=1S/C8H9F9/c1-4(9,5(2,10)11)7(14,15)8(16,17)6(3,12)13/h1-3H3. The molecule has 0 amide bonds. The average molecular weight is 276 g/mol. The Balaban J connectivity index is 5.73. The third-order valence-corrected chi connectivity index (χ3v) is 2.36. The van der Waals surface area contributed by atoms with E-state index in [1.807, 2.05) is 0 Å². The quantitative estimate of drug-likeness (QED) is 0.672. The fourth-order valence-electron chi connectivity index (χ4n) is 0.846. The highest BCUT2D eigenvalue weighted by molar-refractivity contribution is 5.09. The minimum atomic E-state index is -6.25. The Labute approximate surface area is 90.8 Å². The molecule has 0 fully saturated rings. The fourth-order valence-corrected chi connectivity index (χ4v) is 0.846. The van der Waals surface area contributed by atoms with Gasteiger partial charge in [-0.15, -0.1) is 0 Å². The van der Waals surface area contributed by atoms with Gasteiger partial charge in [0.25, 0.3) is 5.92 Å². The van der Waals surface area contributed by atoms with Gasteiger partial charge in [0.05, 0.1) is 0 Å². The second-order valence-corrected chi connectivity index (χ2v) is 3.93. The maximum Gasteiger partial charge on any atom is 0.375 e. The predicted molar refractivity (Wildman–Crippen MR) is 40.6 cm³/mol. The summed E-state index contributed by atoms with van der Waals surface area (Å²) in [7, 11) is 0. The molecule has 0 nitrogen and oxygen atoms in total. The Morgan fingerprint density at radius 1 is 0.471 bits per heavy atom. The molecule has 1 unspecified atom stereocenters. The van der Waals surface area contributed by atoms with Gasteiger partial charge in [0, 0.05) is 13.8 Å². The van der Waals surface area contributed by atoms with Gasteiger partial charge in [0.15, 0.2) is 0 Å². The number of halogens is 9. The largest absolute Gasteiger partial charge is 0.375 e. The molecule has 0 heterocycles. The smallest absolute Gasteiger partial charge is 0.231 e. The minimum absolute atomic E-state index is 0.398. The lowest BCUT2D eigenvalue weighted by Gasteiger charge is -2.40. The SMILES string of the molecule is CC(F)(F)C(C)(F)C(F)(F)C(F)(F)C(C)(F)F. The first-order chi connectivity index (χ1) is 7.00. The van der Waals surface area contributed by atoms with Gasteiger partial charge in [0.1, 0.15) is 0 Å². The van der Waals surface area contributed by atoms with Crippen LogP contribution < -0.4 is 0 Å². The van der Waals surface area contributed by atoms with E-state index >= 15 is 0 Å². The Morgan fingerprint density at radius 3 is 0.941 bits per heavy atom. The molecule has 0 rings (SSSR count). The molecule has 0 aromatic heterocycles. The summed E-state index contributed by atoms with van der Waals surface area (Å²) in [5.41, 5.74) is -5.12. The third kappa shape index (κ3) is 2.20. The Hall–Kier alpha value is -0.630.